The Bertz CT molecular complexity index is 212. The standard InChI is InChI=1S/C13H27NOS/c1-7-9-11-13(6,10-8-2)14-16(15)12(3,4)5/h8,14H,2,7,9-11H2,1,3-6H3. The Morgan fingerprint density at radius 3 is 2.25 bits per heavy atom. The summed E-state index contributed by atoms with van der Waals surface area (Å²) in [5.41, 5.74) is -0.0874. The van der Waals surface area contributed by atoms with Gasteiger partial charge in [-0.2, -0.15) is 0 Å². The maximum absolute atomic E-state index is 12.1. The van der Waals surface area contributed by atoms with Crippen molar-refractivity contribution in [2.45, 2.75) is 70.6 Å². The van der Waals surface area contributed by atoms with Crippen LogP contribution in [0.25, 0.3) is 0 Å². The summed E-state index contributed by atoms with van der Waals surface area (Å²) in [7, 11) is 0. The minimum Gasteiger partial charge on any atom is -0.598 e. The molecule has 0 aromatic rings. The van der Waals surface area contributed by atoms with Crippen molar-refractivity contribution < 1.29 is 4.55 Å². The van der Waals surface area contributed by atoms with Crippen molar-refractivity contribution in [3.8, 4) is 0 Å². The first-order chi connectivity index (χ1) is 7.25. The monoisotopic (exact) mass is 245 g/mol. The van der Waals surface area contributed by atoms with Gasteiger partial charge in [-0.1, -0.05) is 25.8 Å². The summed E-state index contributed by atoms with van der Waals surface area (Å²) >= 11 is -1.01. The predicted octanol–water partition coefficient (Wildman–Crippen LogP) is 3.56. The lowest BCUT2D eigenvalue weighted by atomic mass is 9.93. The quantitative estimate of drug-likeness (QED) is 0.550. The number of hydrogen-bond donors (Lipinski definition) is 1. The van der Waals surface area contributed by atoms with Crippen LogP contribution in [0.3, 0.4) is 0 Å². The van der Waals surface area contributed by atoms with Crippen LogP contribution in [0.5, 0.6) is 0 Å². The Balaban J connectivity index is 4.47. The molecule has 2 atom stereocenters. The van der Waals surface area contributed by atoms with Crippen LogP contribution in [0, 0.1) is 0 Å². The molecule has 0 aliphatic heterocycles. The fourth-order valence-corrected chi connectivity index (χ4v) is 2.40. The molecule has 96 valence electrons. The normalized spacial score (nSPS) is 17.9. The van der Waals surface area contributed by atoms with E-state index in [0.717, 1.165) is 25.7 Å². The molecule has 0 aliphatic rings. The van der Waals surface area contributed by atoms with E-state index in [1.165, 1.54) is 0 Å². The molecule has 0 aromatic heterocycles. The zero-order valence-corrected chi connectivity index (χ0v) is 12.2. The molecule has 2 unspecified atom stereocenters. The number of hydrogen-bond acceptors (Lipinski definition) is 2. The van der Waals surface area contributed by atoms with Crippen molar-refractivity contribution in [2.24, 2.45) is 0 Å². The Kier molecular flexibility index (Phi) is 6.68. The van der Waals surface area contributed by atoms with E-state index in [0.29, 0.717) is 0 Å². The molecule has 0 saturated heterocycles. The number of rotatable bonds is 7. The predicted molar refractivity (Wildman–Crippen MR) is 73.8 cm³/mol. The molecule has 2 nitrogen and oxygen atoms in total. The summed E-state index contributed by atoms with van der Waals surface area (Å²) in [5, 5.41) is 0. The molecular formula is C13H27NOS. The topological polar surface area (TPSA) is 35.1 Å². The lowest BCUT2D eigenvalue weighted by molar-refractivity contribution is 0.372. The lowest BCUT2D eigenvalue weighted by Crippen LogP contribution is -2.51. The highest BCUT2D eigenvalue weighted by molar-refractivity contribution is 7.90. The fourth-order valence-electron chi connectivity index (χ4n) is 1.46. The minimum atomic E-state index is -1.01. The van der Waals surface area contributed by atoms with E-state index in [-0.39, 0.29) is 10.3 Å². The molecule has 0 bridgehead atoms. The molecule has 0 fully saturated rings. The van der Waals surface area contributed by atoms with Gasteiger partial charge in [0.05, 0.1) is 5.54 Å². The largest absolute Gasteiger partial charge is 0.598 e. The Morgan fingerprint density at radius 1 is 1.31 bits per heavy atom. The molecule has 0 rings (SSSR count). The van der Waals surface area contributed by atoms with Crippen LogP contribution in [0.15, 0.2) is 12.7 Å². The molecule has 16 heavy (non-hydrogen) atoms. The van der Waals surface area contributed by atoms with Gasteiger partial charge in [0.15, 0.2) is 0 Å². The van der Waals surface area contributed by atoms with Crippen LogP contribution < -0.4 is 4.72 Å². The maximum Gasteiger partial charge on any atom is 0.136 e. The van der Waals surface area contributed by atoms with Crippen molar-refractivity contribution in [1.29, 1.82) is 0 Å². The van der Waals surface area contributed by atoms with Gasteiger partial charge in [0.2, 0.25) is 0 Å². The van der Waals surface area contributed by atoms with E-state index < -0.39 is 11.4 Å². The third-order valence-corrected chi connectivity index (χ3v) is 4.36. The van der Waals surface area contributed by atoms with Crippen LogP contribution in [-0.4, -0.2) is 14.8 Å². The van der Waals surface area contributed by atoms with Crippen molar-refractivity contribution in [2.75, 3.05) is 0 Å². The lowest BCUT2D eigenvalue weighted by Gasteiger charge is -2.34. The molecule has 0 saturated carbocycles. The van der Waals surface area contributed by atoms with Gasteiger partial charge < -0.3 is 4.55 Å². The molecule has 0 aromatic carbocycles. The fraction of sp³-hybridized carbons (Fsp3) is 0.846. The molecule has 0 aliphatic carbocycles. The van der Waals surface area contributed by atoms with E-state index in [2.05, 4.69) is 25.1 Å². The first kappa shape index (κ1) is 16.0. The van der Waals surface area contributed by atoms with Crippen LogP contribution in [0.1, 0.15) is 60.3 Å². The van der Waals surface area contributed by atoms with Gasteiger partial charge in [-0.25, -0.2) is 0 Å². The highest BCUT2D eigenvalue weighted by atomic mass is 32.2. The van der Waals surface area contributed by atoms with E-state index in [1.807, 2.05) is 26.8 Å². The molecule has 0 heterocycles. The summed E-state index contributed by atoms with van der Waals surface area (Å²) in [6.07, 6.45) is 6.12. The van der Waals surface area contributed by atoms with Crippen molar-refractivity contribution in [3.63, 3.8) is 0 Å². The molecule has 3 heteroatoms. The van der Waals surface area contributed by atoms with Gasteiger partial charge in [0, 0.05) is 11.4 Å². The zero-order chi connectivity index (χ0) is 12.8. The summed E-state index contributed by atoms with van der Waals surface area (Å²) in [4.78, 5) is 0. The second-order valence-electron chi connectivity index (χ2n) is 5.64. The second-order valence-corrected chi connectivity index (χ2v) is 7.61. The molecular weight excluding hydrogens is 218 g/mol. The van der Waals surface area contributed by atoms with Crippen LogP contribution >= 0.6 is 0 Å². The molecule has 1 N–H and O–H groups in total. The summed E-state index contributed by atoms with van der Waals surface area (Å²) in [5.74, 6) is 0. The third-order valence-electron chi connectivity index (χ3n) is 2.57. The second kappa shape index (κ2) is 6.67. The molecule has 0 spiro atoms. The van der Waals surface area contributed by atoms with Gasteiger partial charge in [-0.3, -0.25) is 0 Å². The van der Waals surface area contributed by atoms with Gasteiger partial charge >= 0.3 is 0 Å². The summed E-state index contributed by atoms with van der Waals surface area (Å²) < 4.78 is 15.1. The Labute approximate surface area is 104 Å². The van der Waals surface area contributed by atoms with Gasteiger partial charge in [-0.05, 0) is 40.5 Å². The highest BCUT2D eigenvalue weighted by Crippen LogP contribution is 2.23. The van der Waals surface area contributed by atoms with E-state index in [1.54, 1.807) is 0 Å². The van der Waals surface area contributed by atoms with Crippen molar-refractivity contribution in [1.82, 2.24) is 4.72 Å². The van der Waals surface area contributed by atoms with Crippen LogP contribution in [0.4, 0.5) is 0 Å². The molecule has 0 radical (unpaired) electrons. The van der Waals surface area contributed by atoms with E-state index >= 15 is 0 Å². The Morgan fingerprint density at radius 2 is 1.88 bits per heavy atom. The van der Waals surface area contributed by atoms with Crippen LogP contribution in [0.2, 0.25) is 0 Å². The summed E-state index contributed by atoms with van der Waals surface area (Å²) in [6, 6.07) is 0. The zero-order valence-electron chi connectivity index (χ0n) is 11.4. The smallest absolute Gasteiger partial charge is 0.136 e. The summed E-state index contributed by atoms with van der Waals surface area (Å²) in [6.45, 7) is 14.1. The van der Waals surface area contributed by atoms with Crippen LogP contribution in [-0.2, 0) is 11.4 Å². The van der Waals surface area contributed by atoms with Crippen molar-refractivity contribution in [3.05, 3.63) is 12.7 Å². The SMILES string of the molecule is C=CCC(C)(CCCC)N[S+]([O-])C(C)(C)C. The first-order valence-electron chi connectivity index (χ1n) is 6.06. The highest BCUT2D eigenvalue weighted by Gasteiger charge is 2.34. The Hall–Kier alpha value is 0.01000. The average molecular weight is 245 g/mol. The van der Waals surface area contributed by atoms with Gasteiger partial charge in [0.1, 0.15) is 4.75 Å². The molecule has 0 amide bonds. The maximum atomic E-state index is 12.1. The number of nitrogens with one attached hydrogen (secondary N) is 1. The van der Waals surface area contributed by atoms with E-state index in [4.69, 9.17) is 0 Å². The van der Waals surface area contributed by atoms with Gasteiger partial charge in [-0.15, -0.1) is 11.3 Å². The van der Waals surface area contributed by atoms with E-state index in [9.17, 15) is 4.55 Å². The average Bonchev–Trinajstić information content (AvgIpc) is 2.13. The minimum absolute atomic E-state index is 0.0874. The first-order valence-corrected chi connectivity index (χ1v) is 7.21. The van der Waals surface area contributed by atoms with Crippen molar-refractivity contribution >= 4 is 11.4 Å². The van der Waals surface area contributed by atoms with Gasteiger partial charge in [0.25, 0.3) is 0 Å². The number of unbranched alkanes of at least 4 members (excludes halogenated alkanes) is 1. The third kappa shape index (κ3) is 5.92.